The smallest absolute Gasteiger partial charge is 0.227 e. The number of benzene rings is 1. The summed E-state index contributed by atoms with van der Waals surface area (Å²) in [5.41, 5.74) is 3.97. The Hall–Kier alpha value is -2.72. The van der Waals surface area contributed by atoms with E-state index in [0.29, 0.717) is 11.5 Å². The molecule has 1 saturated heterocycles. The quantitative estimate of drug-likeness (QED) is 0.731. The molecule has 0 bridgehead atoms. The summed E-state index contributed by atoms with van der Waals surface area (Å²) in [6.45, 7) is 11.4. The molecule has 7 heteroatoms. The average molecular weight is 382 g/mol. The molecule has 1 aromatic carbocycles. The minimum atomic E-state index is -0.473. The van der Waals surface area contributed by atoms with E-state index in [4.69, 9.17) is 10.1 Å². The summed E-state index contributed by atoms with van der Waals surface area (Å²) in [5.74, 6) is 0.173. The highest BCUT2D eigenvalue weighted by Gasteiger charge is 2.33. The molecule has 2 heterocycles. The third-order valence-electron chi connectivity index (χ3n) is 5.08. The lowest BCUT2D eigenvalue weighted by molar-refractivity contribution is 0.203. The van der Waals surface area contributed by atoms with E-state index in [0.717, 1.165) is 49.6 Å². The second kappa shape index (κ2) is 8.11. The number of piperazine rings is 1. The molecule has 148 valence electrons. The second-order valence-corrected chi connectivity index (χ2v) is 7.51. The van der Waals surface area contributed by atoms with Crippen LogP contribution < -0.4 is 0 Å². The van der Waals surface area contributed by atoms with Crippen LogP contribution in [0.4, 0.5) is 10.1 Å². The molecule has 1 aromatic rings. The van der Waals surface area contributed by atoms with Crippen LogP contribution in [-0.2, 0) is 0 Å². The van der Waals surface area contributed by atoms with Crippen molar-refractivity contribution in [1.82, 2.24) is 14.8 Å². The summed E-state index contributed by atoms with van der Waals surface area (Å²) < 4.78 is 14.9. The molecule has 0 aliphatic carbocycles. The monoisotopic (exact) mass is 382 g/mol. The lowest BCUT2D eigenvalue weighted by Gasteiger charge is -2.40. The fourth-order valence-corrected chi connectivity index (χ4v) is 3.40. The molecule has 0 spiro atoms. The number of nitrogens with zero attached hydrogens (tertiary/aromatic N) is 6. The van der Waals surface area contributed by atoms with Gasteiger partial charge in [-0.25, -0.2) is 9.38 Å². The first-order valence-electron chi connectivity index (χ1n) is 9.63. The lowest BCUT2D eigenvalue weighted by Crippen LogP contribution is -2.52. The van der Waals surface area contributed by atoms with Crippen LogP contribution in [0.25, 0.3) is 5.70 Å². The minimum absolute atomic E-state index is 0.285. The first-order valence-corrected chi connectivity index (χ1v) is 9.63. The number of hydrazone groups is 1. The molecular weight excluding hydrogens is 355 g/mol. The van der Waals surface area contributed by atoms with Crippen LogP contribution in [0.1, 0.15) is 45.2 Å². The third-order valence-corrected chi connectivity index (χ3v) is 5.08. The maximum Gasteiger partial charge on any atom is 0.227 e. The van der Waals surface area contributed by atoms with Crippen molar-refractivity contribution in [1.29, 1.82) is 5.26 Å². The minimum Gasteiger partial charge on any atom is -0.338 e. The van der Waals surface area contributed by atoms with Crippen LogP contribution in [0.3, 0.4) is 0 Å². The number of aliphatic imine (C=N–C) groups is 1. The number of hydrogen-bond donors (Lipinski definition) is 0. The summed E-state index contributed by atoms with van der Waals surface area (Å²) in [6.07, 6.45) is 0.790. The Bertz CT molecular complexity index is 896. The van der Waals surface area contributed by atoms with Gasteiger partial charge >= 0.3 is 0 Å². The molecule has 6 nitrogen and oxygen atoms in total. The number of fused-ring (bicyclic) bond motifs is 1. The molecular formula is C21H27FN6. The highest BCUT2D eigenvalue weighted by molar-refractivity contribution is 5.99. The van der Waals surface area contributed by atoms with Gasteiger partial charge in [0, 0.05) is 37.5 Å². The lowest BCUT2D eigenvalue weighted by atomic mass is 9.99. The van der Waals surface area contributed by atoms with Gasteiger partial charge in [-0.05, 0) is 51.9 Å². The van der Waals surface area contributed by atoms with Gasteiger partial charge in [-0.2, -0.15) is 15.4 Å². The zero-order valence-corrected chi connectivity index (χ0v) is 17.3. The van der Waals surface area contributed by atoms with E-state index in [1.54, 1.807) is 6.07 Å². The zero-order valence-electron chi connectivity index (χ0n) is 17.3. The highest BCUT2D eigenvalue weighted by Crippen LogP contribution is 2.40. The SMILES string of the molecule is CCC(C)=C1c2cc(C#N)cc(F)c2N=C(N2CCN(C)CC2)N1N=C(C)C. The molecule has 2 aliphatic heterocycles. The Labute approximate surface area is 166 Å². The molecule has 0 amide bonds. The van der Waals surface area contributed by atoms with Crippen molar-refractivity contribution in [2.75, 3.05) is 33.2 Å². The van der Waals surface area contributed by atoms with Crippen LogP contribution in [0.15, 0.2) is 27.8 Å². The van der Waals surface area contributed by atoms with Crippen LogP contribution >= 0.6 is 0 Å². The van der Waals surface area contributed by atoms with E-state index in [9.17, 15) is 9.65 Å². The fourth-order valence-electron chi connectivity index (χ4n) is 3.40. The molecule has 28 heavy (non-hydrogen) atoms. The van der Waals surface area contributed by atoms with Gasteiger partial charge in [0.05, 0.1) is 17.3 Å². The Kier molecular flexibility index (Phi) is 5.80. The van der Waals surface area contributed by atoms with E-state index in [1.807, 2.05) is 31.8 Å². The molecule has 3 rings (SSSR count). The van der Waals surface area contributed by atoms with E-state index < -0.39 is 5.82 Å². The van der Waals surface area contributed by atoms with Gasteiger partial charge in [0.1, 0.15) is 5.69 Å². The standard InChI is InChI=1S/C21H27FN6/c1-6-15(4)20-17-11-16(13-23)12-18(22)19(17)24-21(28(20)25-14(2)3)27-9-7-26(5)8-10-27/h11-12H,6-10H2,1-5H3. The van der Waals surface area contributed by atoms with Gasteiger partial charge in [0.25, 0.3) is 0 Å². The van der Waals surface area contributed by atoms with Gasteiger partial charge in [-0.1, -0.05) is 6.92 Å². The summed E-state index contributed by atoms with van der Waals surface area (Å²) in [5, 5.41) is 15.9. The molecule has 0 N–H and O–H groups in total. The number of rotatable bonds is 2. The molecule has 0 atom stereocenters. The van der Waals surface area contributed by atoms with E-state index >= 15 is 0 Å². The highest BCUT2D eigenvalue weighted by atomic mass is 19.1. The van der Waals surface area contributed by atoms with Crippen molar-refractivity contribution in [3.8, 4) is 6.07 Å². The van der Waals surface area contributed by atoms with Gasteiger partial charge in [-0.15, -0.1) is 0 Å². The van der Waals surface area contributed by atoms with Crippen LogP contribution in [0.5, 0.6) is 0 Å². The topological polar surface area (TPSA) is 58.2 Å². The second-order valence-electron chi connectivity index (χ2n) is 7.51. The Morgan fingerprint density at radius 1 is 1.21 bits per heavy atom. The van der Waals surface area contributed by atoms with Gasteiger partial charge in [0.2, 0.25) is 5.96 Å². The molecule has 0 radical (unpaired) electrons. The molecule has 0 unspecified atom stereocenters. The number of hydrogen-bond acceptors (Lipinski definition) is 6. The third kappa shape index (κ3) is 3.78. The number of allylic oxidation sites excluding steroid dienone is 1. The number of nitriles is 1. The van der Waals surface area contributed by atoms with E-state index in [2.05, 4.69) is 23.8 Å². The van der Waals surface area contributed by atoms with Crippen molar-refractivity contribution in [2.45, 2.75) is 34.1 Å². The normalized spacial score (nSPS) is 19.0. The predicted octanol–water partition coefficient (Wildman–Crippen LogP) is 3.78. The summed E-state index contributed by atoms with van der Waals surface area (Å²) in [6, 6.07) is 5.02. The number of likely N-dealkylation sites (N-methyl/N-ethyl adjacent to an activating group) is 1. The van der Waals surface area contributed by atoms with Crippen molar-refractivity contribution in [3.63, 3.8) is 0 Å². The Balaban J connectivity index is 2.25. The average Bonchev–Trinajstić information content (AvgIpc) is 2.67. The van der Waals surface area contributed by atoms with Crippen molar-refractivity contribution in [2.24, 2.45) is 10.1 Å². The Morgan fingerprint density at radius 2 is 1.89 bits per heavy atom. The Morgan fingerprint density at radius 3 is 2.46 bits per heavy atom. The molecule has 0 aromatic heterocycles. The maximum absolute atomic E-state index is 14.9. The summed E-state index contributed by atoms with van der Waals surface area (Å²) in [7, 11) is 2.09. The predicted molar refractivity (Wildman–Crippen MR) is 111 cm³/mol. The maximum atomic E-state index is 14.9. The fraction of sp³-hybridized carbons (Fsp3) is 0.476. The molecule has 0 saturated carbocycles. The first-order chi connectivity index (χ1) is 13.3. The number of halogens is 1. The van der Waals surface area contributed by atoms with Crippen LogP contribution in [0, 0.1) is 17.1 Å². The number of guanidine groups is 1. The van der Waals surface area contributed by atoms with Gasteiger partial charge in [-0.3, -0.25) is 0 Å². The van der Waals surface area contributed by atoms with E-state index in [1.165, 1.54) is 6.07 Å². The van der Waals surface area contributed by atoms with Crippen molar-refractivity contribution < 1.29 is 4.39 Å². The van der Waals surface area contributed by atoms with Gasteiger partial charge < -0.3 is 9.80 Å². The summed E-state index contributed by atoms with van der Waals surface area (Å²) in [4.78, 5) is 9.12. The zero-order chi connectivity index (χ0) is 20.4. The van der Waals surface area contributed by atoms with Crippen molar-refractivity contribution >= 4 is 23.1 Å². The van der Waals surface area contributed by atoms with Crippen LogP contribution in [0.2, 0.25) is 0 Å². The molecule has 1 fully saturated rings. The summed E-state index contributed by atoms with van der Waals surface area (Å²) >= 11 is 0. The van der Waals surface area contributed by atoms with Crippen molar-refractivity contribution in [3.05, 3.63) is 34.6 Å². The molecule has 2 aliphatic rings. The van der Waals surface area contributed by atoms with Crippen LogP contribution in [-0.4, -0.2) is 59.7 Å². The first kappa shape index (κ1) is 20.0. The van der Waals surface area contributed by atoms with E-state index in [-0.39, 0.29) is 11.3 Å². The largest absolute Gasteiger partial charge is 0.338 e. The van der Waals surface area contributed by atoms with Gasteiger partial charge in [0.15, 0.2) is 5.82 Å².